The van der Waals surface area contributed by atoms with E-state index >= 15 is 0 Å². The van der Waals surface area contributed by atoms with Crippen LogP contribution < -0.4 is 9.80 Å². The van der Waals surface area contributed by atoms with Crippen LogP contribution in [0.1, 0.15) is 106 Å². The lowest BCUT2D eigenvalue weighted by atomic mass is 9.72. The van der Waals surface area contributed by atoms with Crippen LogP contribution in [0.15, 0.2) is 181 Å². The Morgan fingerprint density at radius 1 is 0.500 bits per heavy atom. The zero-order valence-corrected chi connectivity index (χ0v) is 27.0. The van der Waals surface area contributed by atoms with Crippen molar-refractivity contribution in [1.82, 2.24) is 0 Å². The summed E-state index contributed by atoms with van der Waals surface area (Å²) >= 11 is 0. The molecule has 0 saturated heterocycles. The Kier molecular flexibility index (Phi) is 2.43. The molecule has 1 aliphatic carbocycles. The Hall–Kier alpha value is -6.38. The van der Waals surface area contributed by atoms with Crippen molar-refractivity contribution in [3.05, 3.63) is 204 Å². The van der Waals surface area contributed by atoms with Gasteiger partial charge in [0.2, 0.25) is 0 Å². The zero-order chi connectivity index (χ0) is 71.8. The fraction of sp³-hybridized carbons (Fsp3) is 0.115. The minimum Gasteiger partial charge on any atom is -0.310 e. The Labute approximate surface area is 376 Å². The molecule has 0 bridgehead atoms. The molecule has 0 aromatic heterocycles. The average Bonchev–Trinajstić information content (AvgIpc) is 1.54. The van der Waals surface area contributed by atoms with Crippen LogP contribution in [0.5, 0.6) is 0 Å². The van der Waals surface area contributed by atoms with Gasteiger partial charge in [0.25, 0.3) is 0 Å². The van der Waals surface area contributed by atoms with Crippen molar-refractivity contribution >= 4 is 44.9 Å². The summed E-state index contributed by atoms with van der Waals surface area (Å²) in [5, 5.41) is -1.83. The second-order valence-corrected chi connectivity index (χ2v) is 11.8. The van der Waals surface area contributed by atoms with Crippen LogP contribution >= 0.6 is 0 Å². The summed E-state index contributed by atoms with van der Waals surface area (Å²) in [4.78, 5) is 0.132. The highest BCUT2D eigenvalue weighted by Gasteiger charge is 2.41. The van der Waals surface area contributed by atoms with Gasteiger partial charge in [-0.2, -0.15) is 0 Å². The van der Waals surface area contributed by atoms with Gasteiger partial charge in [0.05, 0.1) is 62.5 Å². The number of rotatable bonds is 5. The van der Waals surface area contributed by atoms with E-state index in [1.54, 1.807) is 0 Å². The van der Waals surface area contributed by atoms with E-state index in [9.17, 15) is 27.4 Å². The molecule has 10 rings (SSSR count). The number of benzene rings is 8. The maximum absolute atomic E-state index is 10.3. The third-order valence-corrected chi connectivity index (χ3v) is 8.87. The normalized spacial score (nSPS) is 26.3. The molecular weight excluding hydrogens is 653 g/mol. The molecule has 0 atom stereocenters. The molecule has 1 aliphatic heterocycles. The Morgan fingerprint density at radius 3 is 1.98 bits per heavy atom. The molecule has 0 spiro atoms. The molecule has 0 amide bonds. The van der Waals surface area contributed by atoms with E-state index in [1.165, 1.54) is 0 Å². The molecule has 0 unspecified atom stereocenters. The summed E-state index contributed by atoms with van der Waals surface area (Å²) in [5.74, 6) is 0. The summed E-state index contributed by atoms with van der Waals surface area (Å²) in [6.07, 6.45) is 0. The highest BCUT2D eigenvalue weighted by Crippen LogP contribution is 2.59. The number of anilines is 6. The van der Waals surface area contributed by atoms with Crippen LogP contribution in [0.2, 0.25) is 0 Å². The summed E-state index contributed by atoms with van der Waals surface area (Å²) < 4.78 is 382. The van der Waals surface area contributed by atoms with Crippen molar-refractivity contribution in [1.29, 1.82) is 0 Å². The number of hydrogen-bond donors (Lipinski definition) is 0. The van der Waals surface area contributed by atoms with Crippen molar-refractivity contribution in [3.8, 4) is 22.3 Å². The Bertz CT molecular complexity index is 4750. The predicted octanol–water partition coefficient (Wildman–Crippen LogP) is 14.4. The van der Waals surface area contributed by atoms with Gasteiger partial charge in [-0.25, -0.2) is 0 Å². The zero-order valence-electron chi connectivity index (χ0n) is 68.0. The van der Waals surface area contributed by atoms with Crippen LogP contribution in [0.25, 0.3) is 33.0 Å². The molecule has 54 heavy (non-hydrogen) atoms. The Morgan fingerprint density at radius 2 is 1.17 bits per heavy atom. The van der Waals surface area contributed by atoms with Gasteiger partial charge in [-0.05, 0) is 81.1 Å². The van der Waals surface area contributed by atoms with Crippen molar-refractivity contribution < 1.29 is 56.2 Å². The van der Waals surface area contributed by atoms with Crippen LogP contribution in [0, 0.1) is 0 Å². The van der Waals surface area contributed by atoms with E-state index < -0.39 is 303 Å². The highest BCUT2D eigenvalue weighted by molar-refractivity contribution is 6.08. The third kappa shape index (κ3) is 4.73. The molecule has 0 saturated carbocycles. The lowest BCUT2D eigenvalue weighted by Gasteiger charge is -2.45. The van der Waals surface area contributed by atoms with Gasteiger partial charge in [-0.3, -0.25) is 0 Å². The molecule has 0 N–H and O–H groups in total. The standard InChI is InChI=1S/C52H42N2/c1-51(2)43-25-14-13-24-41(43)42-33-31-38(34-45(42)51)53(37-21-9-6-10-22-37)47-28-17-29-48-49(47)52(3,4)44-26-15-16-27-46(44)54(48)50-39-23-12-11-20-36(39)30-32-40(50)35-18-7-5-8-19-35/h5-34H,1-4H3/i1D3,2D3,3D3,4D3,5D,6D,7D,8D,9D,10D,11D,12D,13D,14D,15D,16D,17D,18D,19D,20D,21D,22D,24D,25D,26D,27D,28D,29D,30D,31D,32D,33D,34D. The third-order valence-electron chi connectivity index (χ3n) is 8.87. The largest absolute Gasteiger partial charge is 0.310 e. The summed E-state index contributed by atoms with van der Waals surface area (Å²) in [5.41, 5.74) is -29.1. The van der Waals surface area contributed by atoms with Crippen LogP contribution in [-0.4, -0.2) is 0 Å². The van der Waals surface area contributed by atoms with Gasteiger partial charge in [0, 0.05) is 55.2 Å². The van der Waals surface area contributed by atoms with E-state index in [2.05, 4.69) is 0 Å². The molecular formula is C52H42N2. The summed E-state index contributed by atoms with van der Waals surface area (Å²) in [6, 6.07) is -39.8. The predicted molar refractivity (Wildman–Crippen MR) is 228 cm³/mol. The van der Waals surface area contributed by atoms with E-state index in [0.717, 1.165) is 0 Å². The van der Waals surface area contributed by atoms with Crippen molar-refractivity contribution in [3.63, 3.8) is 0 Å². The molecule has 0 fully saturated rings. The first-order valence-corrected chi connectivity index (χ1v) is 15.7. The van der Waals surface area contributed by atoms with Gasteiger partial charge in [0.1, 0.15) is 0 Å². The van der Waals surface area contributed by atoms with Gasteiger partial charge >= 0.3 is 0 Å². The molecule has 1 heterocycles. The van der Waals surface area contributed by atoms with Gasteiger partial charge < -0.3 is 9.80 Å². The lowest BCUT2D eigenvalue weighted by Crippen LogP contribution is -2.32. The van der Waals surface area contributed by atoms with Crippen LogP contribution in [0.4, 0.5) is 34.1 Å². The second-order valence-electron chi connectivity index (χ2n) is 11.8. The molecule has 2 aliphatic rings. The maximum Gasteiger partial charge on any atom is 0.0648 e. The molecule has 8 aromatic carbocycles. The fourth-order valence-corrected chi connectivity index (χ4v) is 6.60. The topological polar surface area (TPSA) is 6.48 Å². The van der Waals surface area contributed by atoms with Gasteiger partial charge in [-0.15, -0.1) is 0 Å². The van der Waals surface area contributed by atoms with Crippen LogP contribution in [-0.2, 0) is 10.8 Å². The van der Waals surface area contributed by atoms with Crippen molar-refractivity contribution in [2.75, 3.05) is 9.80 Å². The van der Waals surface area contributed by atoms with E-state index in [4.69, 9.17) is 28.8 Å². The van der Waals surface area contributed by atoms with E-state index in [1.807, 2.05) is 0 Å². The van der Waals surface area contributed by atoms with E-state index in [0.29, 0.717) is 6.07 Å². The van der Waals surface area contributed by atoms with Crippen LogP contribution in [0.3, 0.4) is 0 Å². The number of hydrogen-bond acceptors (Lipinski definition) is 2. The van der Waals surface area contributed by atoms with Gasteiger partial charge in [0.15, 0.2) is 0 Å². The molecule has 2 nitrogen and oxygen atoms in total. The minimum atomic E-state index is -4.59. The number of para-hydroxylation sites is 2. The average molecular weight is 736 g/mol. The summed E-state index contributed by atoms with van der Waals surface area (Å²) in [6.45, 7) is -17.6. The second kappa shape index (κ2) is 12.1. The quantitative estimate of drug-likeness (QED) is 0.174. The maximum atomic E-state index is 10.3. The minimum absolute atomic E-state index is 0.113. The van der Waals surface area contributed by atoms with E-state index in [-0.39, 0.29) is 9.80 Å². The smallest absolute Gasteiger partial charge is 0.0648 e. The first-order chi connectivity index (χ1) is 43.4. The molecule has 2 heteroatoms. The summed E-state index contributed by atoms with van der Waals surface area (Å²) in [7, 11) is 0. The van der Waals surface area contributed by atoms with Crippen molar-refractivity contribution in [2.45, 2.75) is 38.2 Å². The monoisotopic (exact) mass is 736 g/mol. The molecule has 0 radical (unpaired) electrons. The van der Waals surface area contributed by atoms with Gasteiger partial charge in [-0.1, -0.05) is 166 Å². The number of fused-ring (bicyclic) bond motifs is 6. The van der Waals surface area contributed by atoms with Crippen molar-refractivity contribution in [2.24, 2.45) is 0 Å². The fourth-order valence-electron chi connectivity index (χ4n) is 6.60. The molecule has 260 valence electrons. The first kappa shape index (κ1) is 10.9. The first-order valence-electron chi connectivity index (χ1n) is 36.2. The lowest BCUT2D eigenvalue weighted by molar-refractivity contribution is 0.632. The molecule has 8 aromatic rings. The SMILES string of the molecule is [2H]c1cc2c(N3c4c([2H])c([2H])c([2H])c([2H])c4C(C([2H])([2H])[2H])(C([2H])([2H])[2H])c4c(N(c5c([2H])c([2H])c([2H])c([2H])c5[2H])c5c([2H])c([2H])c6c(c5[2H])C(C([2H])([2H])[2H])(C([2H])([2H])[2H])c5c([2H])c([2H])c([2H])c([2H])c5-6)c([2H])c([2H])c([2H])c43)c(-c3c([2H])c([2H])c([2H])c([2H])c3[2H])c([2H])c([2H])c2c([2H])c1[2H]. The highest BCUT2D eigenvalue weighted by atomic mass is 15.2. The Balaban J connectivity index is 1.64. The number of nitrogens with zero attached hydrogens (tertiary/aromatic N) is 2.